The van der Waals surface area contributed by atoms with E-state index in [2.05, 4.69) is 0 Å². The molecule has 7 heteroatoms. The molecule has 0 unspecified atom stereocenters. The van der Waals surface area contributed by atoms with Crippen LogP contribution in [0.4, 0.5) is 9.59 Å². The van der Waals surface area contributed by atoms with Crippen LogP contribution >= 0.6 is 0 Å². The second kappa shape index (κ2) is 6.78. The van der Waals surface area contributed by atoms with Crippen molar-refractivity contribution in [2.75, 3.05) is 39.4 Å². The van der Waals surface area contributed by atoms with E-state index < -0.39 is 5.60 Å². The Labute approximate surface area is 143 Å². The van der Waals surface area contributed by atoms with Crippen LogP contribution in [0.1, 0.15) is 33.6 Å². The van der Waals surface area contributed by atoms with E-state index >= 15 is 0 Å². The smallest absolute Gasteiger partial charge is 0.410 e. The Bertz CT molecular complexity index is 484. The second-order valence-electron chi connectivity index (χ2n) is 8.01. The molecule has 0 aromatic heterocycles. The van der Waals surface area contributed by atoms with Crippen molar-refractivity contribution >= 4 is 12.2 Å². The first-order chi connectivity index (χ1) is 11.3. The predicted molar refractivity (Wildman–Crippen MR) is 86.7 cm³/mol. The molecular weight excluding hydrogens is 312 g/mol. The van der Waals surface area contributed by atoms with E-state index in [0.717, 1.165) is 19.4 Å². The van der Waals surface area contributed by atoms with Gasteiger partial charge in [0, 0.05) is 32.6 Å². The van der Waals surface area contributed by atoms with E-state index in [9.17, 15) is 9.59 Å². The fourth-order valence-corrected chi connectivity index (χ4v) is 3.63. The number of carbonyl (C=O) groups excluding carboxylic acids is 2. The van der Waals surface area contributed by atoms with Crippen LogP contribution in [0.5, 0.6) is 0 Å². The van der Waals surface area contributed by atoms with Crippen LogP contribution in [0.25, 0.3) is 0 Å². The fraction of sp³-hybridized carbons (Fsp3) is 0.882. The number of ether oxygens (including phenoxy) is 3. The predicted octanol–water partition coefficient (Wildman–Crippen LogP) is 2.10. The van der Waals surface area contributed by atoms with Gasteiger partial charge in [-0.3, -0.25) is 0 Å². The third kappa shape index (κ3) is 4.12. The molecule has 0 saturated carbocycles. The highest BCUT2D eigenvalue weighted by Gasteiger charge is 2.41. The Hall–Kier alpha value is -1.50. The minimum atomic E-state index is -0.483. The van der Waals surface area contributed by atoms with Gasteiger partial charge >= 0.3 is 12.2 Å². The first-order valence-electron chi connectivity index (χ1n) is 8.83. The molecule has 3 atom stereocenters. The summed E-state index contributed by atoms with van der Waals surface area (Å²) < 4.78 is 16.2. The van der Waals surface area contributed by atoms with Crippen molar-refractivity contribution in [1.29, 1.82) is 0 Å². The first-order valence-corrected chi connectivity index (χ1v) is 8.83. The Morgan fingerprint density at radius 2 is 1.71 bits per heavy atom. The van der Waals surface area contributed by atoms with Gasteiger partial charge in [-0.1, -0.05) is 0 Å². The Morgan fingerprint density at radius 3 is 2.38 bits per heavy atom. The number of rotatable bonds is 1. The summed E-state index contributed by atoms with van der Waals surface area (Å²) in [5, 5.41) is 0. The molecule has 7 nitrogen and oxygen atoms in total. The molecule has 0 N–H and O–H groups in total. The zero-order chi connectivity index (χ0) is 17.3. The van der Waals surface area contributed by atoms with Crippen molar-refractivity contribution in [2.24, 2.45) is 11.8 Å². The molecule has 3 saturated heterocycles. The van der Waals surface area contributed by atoms with Crippen LogP contribution in [0, 0.1) is 11.8 Å². The monoisotopic (exact) mass is 340 g/mol. The van der Waals surface area contributed by atoms with Crippen LogP contribution in [0.2, 0.25) is 0 Å². The average molecular weight is 340 g/mol. The lowest BCUT2D eigenvalue weighted by Gasteiger charge is -2.35. The maximum Gasteiger partial charge on any atom is 0.410 e. The van der Waals surface area contributed by atoms with Gasteiger partial charge in [0.1, 0.15) is 11.7 Å². The molecule has 0 radical (unpaired) electrons. The first kappa shape index (κ1) is 17.3. The normalized spacial score (nSPS) is 30.2. The average Bonchev–Trinajstić information content (AvgIpc) is 3.13. The second-order valence-corrected chi connectivity index (χ2v) is 8.01. The van der Waals surface area contributed by atoms with Gasteiger partial charge in [0.25, 0.3) is 0 Å². The molecule has 24 heavy (non-hydrogen) atoms. The Balaban J connectivity index is 1.50. The minimum absolute atomic E-state index is 0.113. The largest absolute Gasteiger partial charge is 0.444 e. The molecule has 0 spiro atoms. The maximum absolute atomic E-state index is 12.3. The maximum atomic E-state index is 12.3. The van der Waals surface area contributed by atoms with Gasteiger partial charge in [-0.05, 0) is 39.0 Å². The van der Waals surface area contributed by atoms with Gasteiger partial charge in [-0.15, -0.1) is 0 Å². The van der Waals surface area contributed by atoms with Crippen LogP contribution in [0.3, 0.4) is 0 Å². The number of fused-ring (bicyclic) bond motifs is 1. The van der Waals surface area contributed by atoms with Gasteiger partial charge in [-0.2, -0.15) is 0 Å². The van der Waals surface area contributed by atoms with E-state index in [-0.39, 0.29) is 18.3 Å². The lowest BCUT2D eigenvalue weighted by atomic mass is 9.89. The molecule has 3 rings (SSSR count). The van der Waals surface area contributed by atoms with Crippen LogP contribution in [0.15, 0.2) is 0 Å². The van der Waals surface area contributed by atoms with Gasteiger partial charge < -0.3 is 24.0 Å². The summed E-state index contributed by atoms with van der Waals surface area (Å²) in [5.74, 6) is 0.745. The fourth-order valence-electron chi connectivity index (χ4n) is 3.63. The molecule has 0 aliphatic carbocycles. The molecule has 3 heterocycles. The summed E-state index contributed by atoms with van der Waals surface area (Å²) in [6, 6.07) is 0. The number of nitrogens with zero attached hydrogens (tertiary/aromatic N) is 2. The highest BCUT2D eigenvalue weighted by Crippen LogP contribution is 2.32. The van der Waals surface area contributed by atoms with Gasteiger partial charge in [-0.25, -0.2) is 9.59 Å². The van der Waals surface area contributed by atoms with Crippen LogP contribution < -0.4 is 0 Å². The lowest BCUT2D eigenvalue weighted by Crippen LogP contribution is -2.45. The van der Waals surface area contributed by atoms with Crippen molar-refractivity contribution in [1.82, 2.24) is 9.80 Å². The van der Waals surface area contributed by atoms with Crippen LogP contribution in [-0.2, 0) is 14.2 Å². The van der Waals surface area contributed by atoms with Gasteiger partial charge in [0.15, 0.2) is 0 Å². The number of hydrogen-bond acceptors (Lipinski definition) is 5. The Morgan fingerprint density at radius 1 is 1.00 bits per heavy atom. The SMILES string of the molecule is CC(C)(C)OC(=O)N1CC[C@H]2CN(C(=O)O[C@H]3CCOC3)C[C@H]2C1. The quantitative estimate of drug-likeness (QED) is 0.731. The minimum Gasteiger partial charge on any atom is -0.444 e. The summed E-state index contributed by atoms with van der Waals surface area (Å²) in [6.45, 7) is 9.49. The van der Waals surface area contributed by atoms with E-state index in [4.69, 9.17) is 14.2 Å². The standard InChI is InChI=1S/C17H28N2O5/c1-17(2,3)24-16(21)18-6-4-12-8-19(10-13(12)9-18)15(20)23-14-5-7-22-11-14/h12-14H,4-11H2,1-3H3/t12-,13+,14-/m0/s1. The number of piperidine rings is 1. The summed E-state index contributed by atoms with van der Waals surface area (Å²) >= 11 is 0. The van der Waals surface area contributed by atoms with Gasteiger partial charge in [0.2, 0.25) is 0 Å². The molecular formula is C17H28N2O5. The summed E-state index contributed by atoms with van der Waals surface area (Å²) in [7, 11) is 0. The molecule has 136 valence electrons. The molecule has 0 aromatic carbocycles. The molecule has 2 amide bonds. The molecule has 3 fully saturated rings. The van der Waals surface area contributed by atoms with Gasteiger partial charge in [0.05, 0.1) is 13.2 Å². The lowest BCUT2D eigenvalue weighted by molar-refractivity contribution is 0.0139. The van der Waals surface area contributed by atoms with E-state index in [1.54, 1.807) is 9.80 Å². The molecule has 3 aliphatic rings. The van der Waals surface area contributed by atoms with Crippen molar-refractivity contribution < 1.29 is 23.8 Å². The topological polar surface area (TPSA) is 68.3 Å². The van der Waals surface area contributed by atoms with Crippen molar-refractivity contribution in [2.45, 2.75) is 45.3 Å². The summed E-state index contributed by atoms with van der Waals surface area (Å²) in [4.78, 5) is 28.1. The highest BCUT2D eigenvalue weighted by atomic mass is 16.6. The molecule has 0 aromatic rings. The Kier molecular flexibility index (Phi) is 4.90. The number of hydrogen-bond donors (Lipinski definition) is 0. The van der Waals surface area contributed by atoms with Crippen molar-refractivity contribution in [3.8, 4) is 0 Å². The molecule has 0 bridgehead atoms. The third-order valence-electron chi connectivity index (χ3n) is 4.87. The zero-order valence-electron chi connectivity index (χ0n) is 14.8. The van der Waals surface area contributed by atoms with Crippen LogP contribution in [-0.4, -0.2) is 73.1 Å². The number of likely N-dealkylation sites (tertiary alicyclic amines) is 2. The molecule has 3 aliphatic heterocycles. The highest BCUT2D eigenvalue weighted by molar-refractivity contribution is 5.69. The summed E-state index contributed by atoms with van der Waals surface area (Å²) in [5.41, 5.74) is -0.483. The summed E-state index contributed by atoms with van der Waals surface area (Å²) in [6.07, 6.45) is 1.06. The third-order valence-corrected chi connectivity index (χ3v) is 4.87. The number of carbonyl (C=O) groups is 2. The van der Waals surface area contributed by atoms with E-state index in [0.29, 0.717) is 44.7 Å². The van der Waals surface area contributed by atoms with Crippen molar-refractivity contribution in [3.63, 3.8) is 0 Å². The number of amides is 2. The van der Waals surface area contributed by atoms with E-state index in [1.807, 2.05) is 20.8 Å². The zero-order valence-corrected chi connectivity index (χ0v) is 14.8. The van der Waals surface area contributed by atoms with Crippen molar-refractivity contribution in [3.05, 3.63) is 0 Å². The van der Waals surface area contributed by atoms with E-state index in [1.165, 1.54) is 0 Å².